The zero-order chi connectivity index (χ0) is 15.2. The van der Waals surface area contributed by atoms with E-state index in [9.17, 15) is 0 Å². The Kier molecular flexibility index (Phi) is 4.79. The van der Waals surface area contributed by atoms with Crippen LogP contribution in [0.15, 0.2) is 54.8 Å². The summed E-state index contributed by atoms with van der Waals surface area (Å²) in [6.07, 6.45) is 1.37. The van der Waals surface area contributed by atoms with Crippen molar-refractivity contribution in [1.29, 1.82) is 5.26 Å². The first-order valence-corrected chi connectivity index (χ1v) is 7.00. The van der Waals surface area contributed by atoms with Gasteiger partial charge in [-0.25, -0.2) is 0 Å². The second-order valence-corrected chi connectivity index (χ2v) is 5.14. The minimum Gasteiger partial charge on any atom is -0.462 e. The maximum atomic E-state index is 8.61. The van der Waals surface area contributed by atoms with E-state index >= 15 is 0 Å². The van der Waals surface area contributed by atoms with Crippen LogP contribution in [0.5, 0.6) is 5.75 Å². The predicted molar refractivity (Wildman–Crippen MR) is 86.0 cm³/mol. The standard InChI is InChI=1S/C19H19NO/c1-14(2)21-19-11-10-18(13-15(19)3)17-8-6-16(7-9-17)5-4-12-20/h6-11,13H,1,4-5H2,2-3H3. The number of nitrogens with zero attached hydrogens (tertiary/aromatic N) is 1. The van der Waals surface area contributed by atoms with Gasteiger partial charge in [-0.2, -0.15) is 5.26 Å². The fourth-order valence-corrected chi connectivity index (χ4v) is 2.20. The van der Waals surface area contributed by atoms with E-state index in [1.165, 1.54) is 11.1 Å². The van der Waals surface area contributed by atoms with Crippen LogP contribution in [0, 0.1) is 18.3 Å². The first-order valence-electron chi connectivity index (χ1n) is 7.00. The van der Waals surface area contributed by atoms with Gasteiger partial charge < -0.3 is 4.74 Å². The number of ether oxygens (including phenoxy) is 1. The summed E-state index contributed by atoms with van der Waals surface area (Å²) in [6.45, 7) is 7.63. The van der Waals surface area contributed by atoms with Gasteiger partial charge in [-0.1, -0.05) is 36.9 Å². The Morgan fingerprint density at radius 3 is 2.38 bits per heavy atom. The van der Waals surface area contributed by atoms with E-state index in [1.807, 2.05) is 19.9 Å². The molecule has 0 aromatic heterocycles. The largest absolute Gasteiger partial charge is 0.462 e. The molecule has 0 atom stereocenters. The van der Waals surface area contributed by atoms with Crippen LogP contribution in [-0.4, -0.2) is 0 Å². The van der Waals surface area contributed by atoms with Crippen LogP contribution in [0.4, 0.5) is 0 Å². The Morgan fingerprint density at radius 1 is 1.14 bits per heavy atom. The van der Waals surface area contributed by atoms with Gasteiger partial charge in [0.1, 0.15) is 5.75 Å². The SMILES string of the molecule is C=C(C)Oc1ccc(-c2ccc(CCC#N)cc2)cc1C. The number of rotatable bonds is 5. The summed E-state index contributed by atoms with van der Waals surface area (Å²) in [4.78, 5) is 0. The molecule has 0 amide bonds. The van der Waals surface area contributed by atoms with Crippen molar-refractivity contribution in [3.8, 4) is 22.9 Å². The van der Waals surface area contributed by atoms with Crippen LogP contribution < -0.4 is 4.74 Å². The van der Waals surface area contributed by atoms with Crippen molar-refractivity contribution in [3.63, 3.8) is 0 Å². The van der Waals surface area contributed by atoms with E-state index in [1.54, 1.807) is 0 Å². The predicted octanol–water partition coefficient (Wildman–Crippen LogP) is 5.03. The molecule has 2 nitrogen and oxygen atoms in total. The summed E-state index contributed by atoms with van der Waals surface area (Å²) < 4.78 is 5.57. The third kappa shape index (κ3) is 3.97. The summed E-state index contributed by atoms with van der Waals surface area (Å²) in [5.41, 5.74) is 4.61. The van der Waals surface area contributed by atoms with Gasteiger partial charge in [0.15, 0.2) is 0 Å². The average molecular weight is 277 g/mol. The van der Waals surface area contributed by atoms with E-state index in [0.29, 0.717) is 12.2 Å². The Labute approximate surface area is 126 Å². The molecule has 21 heavy (non-hydrogen) atoms. The van der Waals surface area contributed by atoms with Crippen LogP contribution in [0.1, 0.15) is 24.5 Å². The third-order valence-corrected chi connectivity index (χ3v) is 3.27. The van der Waals surface area contributed by atoms with Crippen molar-refractivity contribution >= 4 is 0 Å². The van der Waals surface area contributed by atoms with Crippen LogP contribution in [0.2, 0.25) is 0 Å². The van der Waals surface area contributed by atoms with Crippen molar-refractivity contribution in [3.05, 3.63) is 65.9 Å². The molecule has 0 saturated heterocycles. The van der Waals surface area contributed by atoms with E-state index in [4.69, 9.17) is 10.00 Å². The molecule has 0 aliphatic heterocycles. The Balaban J connectivity index is 2.20. The van der Waals surface area contributed by atoms with E-state index in [2.05, 4.69) is 49.0 Å². The highest BCUT2D eigenvalue weighted by molar-refractivity contribution is 5.66. The Bertz CT molecular complexity index is 678. The first kappa shape index (κ1) is 14.9. The molecule has 0 unspecified atom stereocenters. The molecule has 2 heteroatoms. The maximum Gasteiger partial charge on any atom is 0.129 e. The number of allylic oxidation sites excluding steroid dienone is 1. The van der Waals surface area contributed by atoms with Crippen molar-refractivity contribution in [2.45, 2.75) is 26.7 Å². The lowest BCUT2D eigenvalue weighted by Crippen LogP contribution is -1.92. The Hall–Kier alpha value is -2.53. The summed E-state index contributed by atoms with van der Waals surface area (Å²) in [7, 11) is 0. The highest BCUT2D eigenvalue weighted by atomic mass is 16.5. The molecule has 0 fully saturated rings. The van der Waals surface area contributed by atoms with Crippen LogP contribution >= 0.6 is 0 Å². The smallest absolute Gasteiger partial charge is 0.129 e. The molecule has 0 aliphatic carbocycles. The quantitative estimate of drug-likeness (QED) is 0.718. The topological polar surface area (TPSA) is 33.0 Å². The minimum absolute atomic E-state index is 0.561. The molecule has 0 saturated carbocycles. The third-order valence-electron chi connectivity index (χ3n) is 3.27. The summed E-state index contributed by atoms with van der Waals surface area (Å²) in [5, 5.41) is 8.61. The summed E-state index contributed by atoms with van der Waals surface area (Å²) in [6, 6.07) is 16.7. The molecule has 2 aromatic rings. The molecule has 2 aromatic carbocycles. The monoisotopic (exact) mass is 277 g/mol. The van der Waals surface area contributed by atoms with Gasteiger partial charge in [0.25, 0.3) is 0 Å². The molecule has 0 N–H and O–H groups in total. The zero-order valence-electron chi connectivity index (χ0n) is 12.5. The molecular formula is C19H19NO. The molecule has 0 heterocycles. The lowest BCUT2D eigenvalue weighted by Gasteiger charge is -2.10. The van der Waals surface area contributed by atoms with Gasteiger partial charge in [-0.15, -0.1) is 0 Å². The van der Waals surface area contributed by atoms with Crippen LogP contribution in [0.25, 0.3) is 11.1 Å². The number of hydrogen-bond donors (Lipinski definition) is 0. The van der Waals surface area contributed by atoms with Gasteiger partial charge in [-0.3, -0.25) is 0 Å². The van der Waals surface area contributed by atoms with Gasteiger partial charge in [0, 0.05) is 6.42 Å². The fraction of sp³-hybridized carbons (Fsp3) is 0.211. The van der Waals surface area contributed by atoms with Crippen molar-refractivity contribution < 1.29 is 4.74 Å². The summed E-state index contributed by atoms with van der Waals surface area (Å²) in [5.74, 6) is 1.53. The second-order valence-electron chi connectivity index (χ2n) is 5.14. The number of nitriles is 1. The fourth-order valence-electron chi connectivity index (χ4n) is 2.20. The molecule has 106 valence electrons. The van der Waals surface area contributed by atoms with E-state index in [0.717, 1.165) is 23.3 Å². The molecule has 0 bridgehead atoms. The lowest BCUT2D eigenvalue weighted by atomic mass is 10.0. The number of hydrogen-bond acceptors (Lipinski definition) is 2. The number of aryl methyl sites for hydroxylation is 2. The van der Waals surface area contributed by atoms with Gasteiger partial charge >= 0.3 is 0 Å². The van der Waals surface area contributed by atoms with E-state index < -0.39 is 0 Å². The van der Waals surface area contributed by atoms with Crippen molar-refractivity contribution in [1.82, 2.24) is 0 Å². The van der Waals surface area contributed by atoms with Gasteiger partial charge in [0.2, 0.25) is 0 Å². The molecule has 0 aliphatic rings. The normalized spacial score (nSPS) is 9.95. The molecule has 2 rings (SSSR count). The summed E-state index contributed by atoms with van der Waals surface area (Å²) >= 11 is 0. The first-order chi connectivity index (χ1) is 10.1. The van der Waals surface area contributed by atoms with Gasteiger partial charge in [-0.05, 0) is 54.7 Å². The molecular weight excluding hydrogens is 258 g/mol. The molecule has 0 radical (unpaired) electrons. The minimum atomic E-state index is 0.561. The van der Waals surface area contributed by atoms with Crippen molar-refractivity contribution in [2.24, 2.45) is 0 Å². The van der Waals surface area contributed by atoms with Crippen molar-refractivity contribution in [2.75, 3.05) is 0 Å². The van der Waals surface area contributed by atoms with Crippen LogP contribution in [0.3, 0.4) is 0 Å². The highest BCUT2D eigenvalue weighted by Crippen LogP contribution is 2.27. The van der Waals surface area contributed by atoms with Crippen LogP contribution in [-0.2, 0) is 6.42 Å². The maximum absolute atomic E-state index is 8.61. The average Bonchev–Trinajstić information content (AvgIpc) is 2.47. The lowest BCUT2D eigenvalue weighted by molar-refractivity contribution is 0.427. The Morgan fingerprint density at radius 2 is 1.81 bits per heavy atom. The second kappa shape index (κ2) is 6.76. The van der Waals surface area contributed by atoms with E-state index in [-0.39, 0.29) is 0 Å². The zero-order valence-corrected chi connectivity index (χ0v) is 12.5. The number of benzene rings is 2. The highest BCUT2D eigenvalue weighted by Gasteiger charge is 2.04. The van der Waals surface area contributed by atoms with Gasteiger partial charge in [0.05, 0.1) is 11.8 Å². The molecule has 0 spiro atoms.